The highest BCUT2D eigenvalue weighted by molar-refractivity contribution is 6.77. The Morgan fingerprint density at radius 1 is 1.36 bits per heavy atom. The smallest absolute Gasteiger partial charge is 0.261 e. The van der Waals surface area contributed by atoms with E-state index >= 15 is 0 Å². The Morgan fingerprint density at radius 2 is 1.86 bits per heavy atom. The first-order chi connectivity index (χ1) is 6.13. The van der Waals surface area contributed by atoms with Gasteiger partial charge in [-0.05, 0) is 25.6 Å². The third-order valence-corrected chi connectivity index (χ3v) is 2.56. The van der Waals surface area contributed by atoms with Crippen molar-refractivity contribution in [3.8, 4) is 11.8 Å². The van der Waals surface area contributed by atoms with Gasteiger partial charge in [-0.3, -0.25) is 4.79 Å². The molecule has 80 valence electrons. The Hall–Kier alpha value is 0.277. The minimum Gasteiger partial charge on any atom is -0.407 e. The normalized spacial score (nSPS) is 11.9. The Balaban J connectivity index is 4.03. The predicted octanol–water partition coefficient (Wildman–Crippen LogP) is 2.78. The van der Waals surface area contributed by atoms with E-state index < -0.39 is 17.9 Å². The van der Waals surface area contributed by atoms with Gasteiger partial charge in [-0.15, -0.1) is 0 Å². The van der Waals surface area contributed by atoms with Crippen molar-refractivity contribution in [2.75, 3.05) is 6.61 Å². The maximum Gasteiger partial charge on any atom is 0.261 e. The van der Waals surface area contributed by atoms with Gasteiger partial charge in [0.25, 0.3) is 9.58 Å². The number of ketones is 1. The Labute approximate surface area is 100.0 Å². The van der Waals surface area contributed by atoms with E-state index in [0.717, 1.165) is 0 Å². The molecule has 0 spiro atoms. The third-order valence-electron chi connectivity index (χ3n) is 1.04. The monoisotopic (exact) mass is 272 g/mol. The molecule has 0 fully saturated rings. The highest BCUT2D eigenvalue weighted by Gasteiger charge is 2.28. The van der Waals surface area contributed by atoms with Crippen molar-refractivity contribution in [1.29, 1.82) is 0 Å². The lowest BCUT2D eigenvalue weighted by atomic mass is 10.4. The molecule has 0 N–H and O–H groups in total. The first-order valence-corrected chi connectivity index (χ1v) is 8.41. The third kappa shape index (κ3) is 7.66. The van der Waals surface area contributed by atoms with Crippen molar-refractivity contribution in [1.82, 2.24) is 0 Å². The fraction of sp³-hybridized carbons (Fsp3) is 0.625. The van der Waals surface area contributed by atoms with E-state index in [1.54, 1.807) is 0 Å². The maximum absolute atomic E-state index is 11.0. The van der Waals surface area contributed by atoms with Gasteiger partial charge in [-0.1, -0.05) is 40.7 Å². The molecule has 0 aromatic heterocycles. The molecule has 0 aromatic rings. The summed E-state index contributed by atoms with van der Waals surface area (Å²) in [5, 5.41) is 0. The van der Waals surface area contributed by atoms with Crippen LogP contribution in [0.15, 0.2) is 0 Å². The van der Waals surface area contributed by atoms with E-state index in [1.807, 2.05) is 19.6 Å². The highest BCUT2D eigenvalue weighted by Crippen LogP contribution is 2.26. The summed E-state index contributed by atoms with van der Waals surface area (Å²) in [5.41, 5.74) is 0. The van der Waals surface area contributed by atoms with Gasteiger partial charge in [0.1, 0.15) is 0 Å². The van der Waals surface area contributed by atoms with Gasteiger partial charge >= 0.3 is 0 Å². The van der Waals surface area contributed by atoms with E-state index in [9.17, 15) is 4.79 Å². The Bertz CT molecular complexity index is 267. The van der Waals surface area contributed by atoms with Crippen LogP contribution < -0.4 is 0 Å². The average molecular weight is 274 g/mol. The molecule has 0 saturated carbocycles. The molecule has 0 saturated heterocycles. The van der Waals surface area contributed by atoms with Crippen LogP contribution in [-0.2, 0) is 9.22 Å². The van der Waals surface area contributed by atoms with E-state index in [-0.39, 0.29) is 6.61 Å². The van der Waals surface area contributed by atoms with Gasteiger partial charge in [-0.25, -0.2) is 0 Å². The zero-order valence-electron chi connectivity index (χ0n) is 8.16. The fourth-order valence-electron chi connectivity index (χ4n) is 0.440. The number of alkyl halides is 3. The van der Waals surface area contributed by atoms with Crippen molar-refractivity contribution in [3.05, 3.63) is 0 Å². The maximum atomic E-state index is 11.0. The molecule has 0 rings (SSSR count). The lowest BCUT2D eigenvalue weighted by molar-refractivity contribution is -0.113. The quantitative estimate of drug-likeness (QED) is 0.335. The topological polar surface area (TPSA) is 26.3 Å². The van der Waals surface area contributed by atoms with Crippen LogP contribution in [0.25, 0.3) is 0 Å². The Morgan fingerprint density at radius 3 is 2.21 bits per heavy atom. The van der Waals surface area contributed by atoms with Crippen LogP contribution in [-0.4, -0.2) is 24.5 Å². The van der Waals surface area contributed by atoms with Gasteiger partial charge in [0.2, 0.25) is 0 Å². The molecule has 0 aliphatic carbocycles. The molecule has 6 heteroatoms. The molecule has 2 nitrogen and oxygen atoms in total. The largest absolute Gasteiger partial charge is 0.407 e. The number of Topliss-reactive ketones (excluding diaryl/α,β-unsaturated/α-hetero) is 1. The highest BCUT2D eigenvalue weighted by atomic mass is 35.6. The van der Waals surface area contributed by atoms with E-state index in [0.29, 0.717) is 0 Å². The molecule has 0 amide bonds. The van der Waals surface area contributed by atoms with E-state index in [2.05, 4.69) is 11.8 Å². The van der Waals surface area contributed by atoms with Crippen molar-refractivity contribution in [2.45, 2.75) is 23.4 Å². The summed E-state index contributed by atoms with van der Waals surface area (Å²) < 4.78 is 3.42. The van der Waals surface area contributed by atoms with E-state index in [1.165, 1.54) is 0 Å². The summed E-state index contributed by atoms with van der Waals surface area (Å²) in [7, 11) is -1.59. The lowest BCUT2D eigenvalue weighted by Crippen LogP contribution is -2.25. The zero-order valence-corrected chi connectivity index (χ0v) is 11.4. The number of rotatable bonds is 2. The molecule has 0 aliphatic rings. The standard InChI is InChI=1S/C8H11Cl3O2Si/c1-14(2,3)13-6-4-5-7(12)8(9,10)11/h6H2,1-3H3. The minimum atomic E-state index is -1.95. The lowest BCUT2D eigenvalue weighted by Gasteiger charge is -2.13. The van der Waals surface area contributed by atoms with Gasteiger partial charge < -0.3 is 4.43 Å². The summed E-state index contributed by atoms with van der Waals surface area (Å²) >= 11 is 15.9. The molecule has 0 aliphatic heterocycles. The van der Waals surface area contributed by atoms with Gasteiger partial charge in [0.15, 0.2) is 8.32 Å². The first kappa shape index (κ1) is 14.3. The second kappa shape index (κ2) is 5.39. The van der Waals surface area contributed by atoms with Crippen LogP contribution in [0.5, 0.6) is 0 Å². The number of hydrogen-bond acceptors (Lipinski definition) is 2. The SMILES string of the molecule is C[Si](C)(C)OCC#CC(=O)C(Cl)(Cl)Cl. The summed E-state index contributed by atoms with van der Waals surface area (Å²) in [5.74, 6) is 3.98. The summed E-state index contributed by atoms with van der Waals surface area (Å²) in [4.78, 5) is 11.0. The van der Waals surface area contributed by atoms with Crippen LogP contribution in [0, 0.1) is 11.8 Å². The summed E-state index contributed by atoms with van der Waals surface area (Å²) in [6, 6.07) is 0. The van der Waals surface area contributed by atoms with E-state index in [4.69, 9.17) is 39.2 Å². The van der Waals surface area contributed by atoms with Gasteiger partial charge in [-0.2, -0.15) is 0 Å². The van der Waals surface area contributed by atoms with Crippen molar-refractivity contribution >= 4 is 48.9 Å². The summed E-state index contributed by atoms with van der Waals surface area (Å²) in [6.45, 7) is 6.25. The molecule has 0 radical (unpaired) electrons. The molecule has 0 unspecified atom stereocenters. The first-order valence-electron chi connectivity index (χ1n) is 3.87. The number of halogens is 3. The molecular formula is C8H11Cl3O2Si. The van der Waals surface area contributed by atoms with Crippen molar-refractivity contribution < 1.29 is 9.22 Å². The summed E-state index contributed by atoms with van der Waals surface area (Å²) in [6.07, 6.45) is 0. The van der Waals surface area contributed by atoms with Gasteiger partial charge in [0.05, 0.1) is 6.61 Å². The minimum absolute atomic E-state index is 0.197. The van der Waals surface area contributed by atoms with Crippen LogP contribution >= 0.6 is 34.8 Å². The van der Waals surface area contributed by atoms with Crippen LogP contribution in [0.4, 0.5) is 0 Å². The fourth-order valence-corrected chi connectivity index (χ4v) is 1.09. The van der Waals surface area contributed by atoms with Crippen LogP contribution in [0.3, 0.4) is 0 Å². The molecule has 0 heterocycles. The Kier molecular flexibility index (Phi) is 5.49. The van der Waals surface area contributed by atoms with Crippen molar-refractivity contribution in [3.63, 3.8) is 0 Å². The zero-order chi connectivity index (χ0) is 11.4. The number of carbonyl (C=O) groups is 1. The molecular weight excluding hydrogens is 263 g/mol. The van der Waals surface area contributed by atoms with Crippen LogP contribution in [0.1, 0.15) is 0 Å². The predicted molar refractivity (Wildman–Crippen MR) is 62.4 cm³/mol. The molecule has 0 bridgehead atoms. The number of hydrogen-bond donors (Lipinski definition) is 0. The van der Waals surface area contributed by atoms with Gasteiger partial charge in [0, 0.05) is 0 Å². The second-order valence-electron chi connectivity index (χ2n) is 3.53. The molecule has 14 heavy (non-hydrogen) atoms. The van der Waals surface area contributed by atoms with Crippen molar-refractivity contribution in [2.24, 2.45) is 0 Å². The average Bonchev–Trinajstić information content (AvgIpc) is 1.93. The number of carbonyl (C=O) groups excluding carboxylic acids is 1. The molecule has 0 atom stereocenters. The molecule has 0 aromatic carbocycles. The van der Waals surface area contributed by atoms with Crippen LogP contribution in [0.2, 0.25) is 19.6 Å². The second-order valence-corrected chi connectivity index (χ2v) is 10.3.